The van der Waals surface area contributed by atoms with Crippen molar-refractivity contribution in [3.63, 3.8) is 0 Å². The van der Waals surface area contributed by atoms with Crippen LogP contribution in [0.5, 0.6) is 11.5 Å². The van der Waals surface area contributed by atoms with Crippen molar-refractivity contribution in [2.24, 2.45) is 0 Å². The third-order valence-corrected chi connectivity index (χ3v) is 4.43. The molecule has 0 aliphatic carbocycles. The molecule has 0 saturated carbocycles. The summed E-state index contributed by atoms with van der Waals surface area (Å²) in [6, 6.07) is 8.57. The Bertz CT molecular complexity index is 878. The molecular formula is C16H15ClN2O8S. The Kier molecular flexibility index (Phi) is 8.99. The Hall–Kier alpha value is -3.05. The zero-order chi connectivity index (χ0) is 21.3. The number of hydrogen-bond donors (Lipinski definition) is 1. The van der Waals surface area contributed by atoms with E-state index in [1.807, 2.05) is 0 Å². The van der Waals surface area contributed by atoms with Crippen LogP contribution in [0.25, 0.3) is 0 Å². The first-order chi connectivity index (χ1) is 13.2. The van der Waals surface area contributed by atoms with Crippen LogP contribution < -0.4 is 9.47 Å². The van der Waals surface area contributed by atoms with Crippen LogP contribution in [0.4, 0.5) is 11.4 Å². The van der Waals surface area contributed by atoms with Crippen molar-refractivity contribution in [2.45, 2.75) is 4.90 Å². The minimum absolute atomic E-state index is 0.112. The molecule has 1 N–H and O–H groups in total. The van der Waals surface area contributed by atoms with E-state index in [0.717, 1.165) is 11.8 Å². The Balaban J connectivity index is 0.000000292. The molecule has 0 aromatic heterocycles. The number of halogens is 1. The van der Waals surface area contributed by atoms with E-state index in [1.165, 1.54) is 38.5 Å². The van der Waals surface area contributed by atoms with Gasteiger partial charge >= 0.3 is 5.97 Å². The highest BCUT2D eigenvalue weighted by Gasteiger charge is 2.16. The van der Waals surface area contributed by atoms with Gasteiger partial charge in [-0.1, -0.05) is 11.6 Å². The molecule has 2 aromatic rings. The number of carboxylic acid groups (broad SMARTS) is 1. The monoisotopic (exact) mass is 430 g/mol. The lowest BCUT2D eigenvalue weighted by atomic mass is 10.3. The van der Waals surface area contributed by atoms with Gasteiger partial charge in [-0.25, -0.2) is 0 Å². The van der Waals surface area contributed by atoms with Crippen LogP contribution in [0, 0.1) is 20.2 Å². The number of methoxy groups -OCH3 is 2. The number of hydrogen-bond acceptors (Lipinski definition) is 8. The number of carboxylic acids is 1. The molecule has 0 aliphatic rings. The summed E-state index contributed by atoms with van der Waals surface area (Å²) in [5, 5.41) is 29.7. The van der Waals surface area contributed by atoms with Crippen LogP contribution in [0.1, 0.15) is 0 Å². The highest BCUT2D eigenvalue weighted by Crippen LogP contribution is 2.32. The van der Waals surface area contributed by atoms with Gasteiger partial charge < -0.3 is 14.6 Å². The summed E-state index contributed by atoms with van der Waals surface area (Å²) in [7, 11) is 2.84. The molecule has 0 aliphatic heterocycles. The molecule has 0 heterocycles. The van der Waals surface area contributed by atoms with Crippen LogP contribution in [0.3, 0.4) is 0 Å². The number of thioether (sulfide) groups is 1. The lowest BCUT2D eigenvalue weighted by Gasteiger charge is -2.03. The molecule has 0 fully saturated rings. The maximum Gasteiger partial charge on any atom is 0.313 e. The van der Waals surface area contributed by atoms with Gasteiger partial charge in [-0.2, -0.15) is 0 Å². The molecule has 0 atom stereocenters. The van der Waals surface area contributed by atoms with Crippen LogP contribution in [-0.2, 0) is 4.79 Å². The van der Waals surface area contributed by atoms with Gasteiger partial charge in [-0.3, -0.25) is 25.0 Å². The lowest BCUT2D eigenvalue weighted by Crippen LogP contribution is -1.99. The molecule has 150 valence electrons. The SMILES string of the molecule is COc1ccc(Cl)c([N+](=O)[O-])c1.COc1ccc(SCC(=O)O)c([N+](=O)[O-])c1. The van der Waals surface area contributed by atoms with Crippen molar-refractivity contribution in [3.8, 4) is 11.5 Å². The molecule has 10 nitrogen and oxygen atoms in total. The number of nitrogens with zero attached hydrogens (tertiary/aromatic N) is 2. The van der Waals surface area contributed by atoms with Crippen LogP contribution >= 0.6 is 23.4 Å². The highest BCUT2D eigenvalue weighted by atomic mass is 35.5. The predicted molar refractivity (Wildman–Crippen MR) is 103 cm³/mol. The fraction of sp³-hybridized carbons (Fsp3) is 0.188. The number of ether oxygens (including phenoxy) is 2. The van der Waals surface area contributed by atoms with Crippen LogP contribution in [0.2, 0.25) is 5.02 Å². The summed E-state index contributed by atoms with van der Waals surface area (Å²) in [6.45, 7) is 0. The largest absolute Gasteiger partial charge is 0.497 e. The van der Waals surface area contributed by atoms with E-state index in [0.29, 0.717) is 16.4 Å². The standard InChI is InChI=1S/C9H9NO5S.C7H6ClNO3/c1-15-6-2-3-8(16-5-9(11)12)7(4-6)10(13)14;1-12-5-2-3-6(8)7(4-5)9(10)11/h2-4H,5H2,1H3,(H,11,12);2-4H,1H3. The second kappa shape index (κ2) is 10.9. The van der Waals surface area contributed by atoms with Crippen LogP contribution in [-0.4, -0.2) is 40.9 Å². The summed E-state index contributed by atoms with van der Waals surface area (Å²) < 4.78 is 9.65. The van der Waals surface area contributed by atoms with Gasteiger partial charge in [-0.05, 0) is 24.3 Å². The Labute approximate surface area is 168 Å². The minimum atomic E-state index is -1.02. The third kappa shape index (κ3) is 6.93. The molecule has 0 spiro atoms. The number of carbonyl (C=O) groups is 1. The van der Waals surface area contributed by atoms with Gasteiger partial charge in [0.25, 0.3) is 11.4 Å². The number of nitro groups is 2. The van der Waals surface area contributed by atoms with Gasteiger partial charge in [0, 0.05) is 0 Å². The maximum absolute atomic E-state index is 10.7. The summed E-state index contributed by atoms with van der Waals surface area (Å²) >= 11 is 6.46. The second-order valence-electron chi connectivity index (χ2n) is 4.85. The van der Waals surface area contributed by atoms with Gasteiger partial charge in [0.1, 0.15) is 16.5 Å². The Morgan fingerprint density at radius 3 is 2.00 bits per heavy atom. The van der Waals surface area contributed by atoms with Crippen molar-refractivity contribution in [1.29, 1.82) is 0 Å². The smallest absolute Gasteiger partial charge is 0.313 e. The van der Waals surface area contributed by atoms with Crippen molar-refractivity contribution < 1.29 is 29.2 Å². The van der Waals surface area contributed by atoms with Gasteiger partial charge in [0.15, 0.2) is 0 Å². The van der Waals surface area contributed by atoms with Crippen molar-refractivity contribution in [2.75, 3.05) is 20.0 Å². The van der Waals surface area contributed by atoms with Crippen molar-refractivity contribution in [1.82, 2.24) is 0 Å². The van der Waals surface area contributed by atoms with Gasteiger partial charge in [0.05, 0.1) is 46.8 Å². The molecule has 0 saturated heterocycles. The quantitative estimate of drug-likeness (QED) is 0.391. The topological polar surface area (TPSA) is 142 Å². The Morgan fingerprint density at radius 2 is 1.54 bits per heavy atom. The fourth-order valence-electron chi connectivity index (χ4n) is 1.79. The molecule has 0 radical (unpaired) electrons. The predicted octanol–water partition coefficient (Wildman–Crippen LogP) is 4.04. The van der Waals surface area contributed by atoms with E-state index in [9.17, 15) is 25.0 Å². The Morgan fingerprint density at radius 1 is 1.04 bits per heavy atom. The summed E-state index contributed by atoms with van der Waals surface area (Å²) in [5.74, 6) is -0.444. The average molecular weight is 431 g/mol. The highest BCUT2D eigenvalue weighted by molar-refractivity contribution is 8.00. The minimum Gasteiger partial charge on any atom is -0.497 e. The first kappa shape index (κ1) is 23.0. The normalized spacial score (nSPS) is 9.68. The third-order valence-electron chi connectivity index (χ3n) is 3.06. The van der Waals surface area contributed by atoms with E-state index >= 15 is 0 Å². The first-order valence-electron chi connectivity index (χ1n) is 7.34. The molecule has 0 bridgehead atoms. The molecular weight excluding hydrogens is 416 g/mol. The molecule has 2 aromatic carbocycles. The second-order valence-corrected chi connectivity index (χ2v) is 6.27. The number of nitro benzene ring substituents is 2. The molecule has 0 amide bonds. The molecule has 12 heteroatoms. The maximum atomic E-state index is 10.7. The zero-order valence-corrected chi connectivity index (χ0v) is 16.2. The van der Waals surface area contributed by atoms with E-state index < -0.39 is 15.8 Å². The first-order valence-corrected chi connectivity index (χ1v) is 8.70. The zero-order valence-electron chi connectivity index (χ0n) is 14.7. The number of benzene rings is 2. The molecule has 2 rings (SSSR count). The summed E-state index contributed by atoms with van der Waals surface area (Å²) in [5.41, 5.74) is -0.290. The molecule has 28 heavy (non-hydrogen) atoms. The molecule has 0 unspecified atom stereocenters. The van der Waals surface area contributed by atoms with Crippen molar-refractivity contribution >= 4 is 40.7 Å². The van der Waals surface area contributed by atoms with Crippen molar-refractivity contribution in [3.05, 3.63) is 61.6 Å². The van der Waals surface area contributed by atoms with E-state index in [4.69, 9.17) is 26.2 Å². The number of rotatable bonds is 7. The van der Waals surface area contributed by atoms with E-state index in [2.05, 4.69) is 0 Å². The van der Waals surface area contributed by atoms with Gasteiger partial charge in [-0.15, -0.1) is 11.8 Å². The fourth-order valence-corrected chi connectivity index (χ4v) is 2.70. The average Bonchev–Trinajstić information content (AvgIpc) is 2.66. The van der Waals surface area contributed by atoms with E-state index in [1.54, 1.807) is 12.1 Å². The van der Waals surface area contributed by atoms with E-state index in [-0.39, 0.29) is 22.2 Å². The lowest BCUT2D eigenvalue weighted by molar-refractivity contribution is -0.387. The summed E-state index contributed by atoms with van der Waals surface area (Å²) in [6.07, 6.45) is 0. The van der Waals surface area contributed by atoms with Crippen LogP contribution in [0.15, 0.2) is 41.3 Å². The van der Waals surface area contributed by atoms with Gasteiger partial charge in [0.2, 0.25) is 0 Å². The number of aliphatic carboxylic acids is 1. The summed E-state index contributed by atoms with van der Waals surface area (Å²) in [4.78, 5) is 30.6.